The molecule has 0 radical (unpaired) electrons. The van der Waals surface area contributed by atoms with Crippen LogP contribution in [0.1, 0.15) is 117 Å². The number of aliphatic hydroxyl groups excluding tert-OH is 1. The van der Waals surface area contributed by atoms with Crippen molar-refractivity contribution in [2.45, 2.75) is 114 Å². The molecule has 2 aromatic carbocycles. The maximum atomic E-state index is 11.4. The summed E-state index contributed by atoms with van der Waals surface area (Å²) in [6.45, 7) is 8.44. The molecule has 9 nitrogen and oxygen atoms in total. The fourth-order valence-corrected chi connectivity index (χ4v) is 7.49. The van der Waals surface area contributed by atoms with Gasteiger partial charge in [-0.05, 0) is 125 Å². The fraction of sp³-hybridized carbons (Fsp3) is 0.488. The van der Waals surface area contributed by atoms with E-state index in [1.165, 1.54) is 42.7 Å². The third-order valence-electron chi connectivity index (χ3n) is 10.2. The first kappa shape index (κ1) is 37.1. The summed E-state index contributed by atoms with van der Waals surface area (Å²) >= 11 is 0. The van der Waals surface area contributed by atoms with Gasteiger partial charge in [-0.25, -0.2) is 0 Å². The molecule has 1 saturated heterocycles. The molecule has 0 spiro atoms. The van der Waals surface area contributed by atoms with Crippen molar-refractivity contribution in [3.63, 3.8) is 0 Å². The molecule has 266 valence electrons. The van der Waals surface area contributed by atoms with Gasteiger partial charge >= 0.3 is 0 Å². The lowest BCUT2D eigenvalue weighted by Gasteiger charge is -2.20. The van der Waals surface area contributed by atoms with Crippen LogP contribution in [0.5, 0.6) is 0 Å². The van der Waals surface area contributed by atoms with Crippen molar-refractivity contribution in [2.24, 2.45) is 21.8 Å². The monoisotopic (exact) mass is 680 g/mol. The molecule has 5 heterocycles. The molecule has 2 atom stereocenters. The Morgan fingerprint density at radius 2 is 1.26 bits per heavy atom. The molecular weight excluding hydrogens is 628 g/mol. The van der Waals surface area contributed by atoms with Gasteiger partial charge in [0, 0.05) is 53.1 Å². The Morgan fingerprint density at radius 1 is 0.740 bits per heavy atom. The molecule has 2 saturated carbocycles. The van der Waals surface area contributed by atoms with Gasteiger partial charge in [0.05, 0.1) is 28.9 Å². The number of benzene rings is 2. The third-order valence-corrected chi connectivity index (χ3v) is 10.2. The quantitative estimate of drug-likeness (QED) is 0.193. The largest absolute Gasteiger partial charge is 0.386 e. The molecule has 4 aromatic rings. The van der Waals surface area contributed by atoms with Gasteiger partial charge in [-0.15, -0.1) is 0 Å². The maximum Gasteiger partial charge on any atom is 0.152 e. The number of aliphatic imine (C=N–C) groups is 2. The van der Waals surface area contributed by atoms with Crippen LogP contribution in [-0.4, -0.2) is 45.8 Å². The molecule has 9 heteroatoms. The highest BCUT2D eigenvalue weighted by Gasteiger charge is 2.35. The van der Waals surface area contributed by atoms with Crippen LogP contribution in [0, 0.1) is 39.5 Å². The van der Waals surface area contributed by atoms with E-state index >= 15 is 0 Å². The summed E-state index contributed by atoms with van der Waals surface area (Å²) in [7, 11) is 0. The Bertz CT molecular complexity index is 1910. The normalized spacial score (nSPS) is 19.1. The number of aromatic nitrogens is 2. The van der Waals surface area contributed by atoms with Crippen LogP contribution in [0.4, 0.5) is 11.4 Å². The number of aldehydes is 1. The van der Waals surface area contributed by atoms with Crippen molar-refractivity contribution >= 4 is 29.1 Å². The number of hydrogen-bond donors (Lipinski definition) is 1. The van der Waals surface area contributed by atoms with Gasteiger partial charge in [0.2, 0.25) is 0 Å². The lowest BCUT2D eigenvalue weighted by molar-refractivity contribution is -0.00227. The van der Waals surface area contributed by atoms with Gasteiger partial charge in [-0.3, -0.25) is 14.8 Å². The van der Waals surface area contributed by atoms with E-state index in [1.807, 2.05) is 33.8 Å². The molecule has 9 rings (SSSR count). The zero-order valence-corrected chi connectivity index (χ0v) is 27.4. The highest BCUT2D eigenvalue weighted by atomic mass is 16.5. The van der Waals surface area contributed by atoms with E-state index in [9.17, 15) is 9.90 Å². The maximum absolute atomic E-state index is 11.4. The summed E-state index contributed by atoms with van der Waals surface area (Å²) in [5.74, 6) is 2.86. The predicted octanol–water partition coefficient (Wildman–Crippen LogP) is 9.93. The molecule has 0 amide bonds. The highest BCUT2D eigenvalue weighted by molar-refractivity contribution is 6.02. The van der Waals surface area contributed by atoms with Crippen molar-refractivity contribution in [2.75, 3.05) is 6.61 Å². The number of aryl methyl sites for hydroxylation is 4. The summed E-state index contributed by atoms with van der Waals surface area (Å²) < 4.78 is 16.4. The minimum Gasteiger partial charge on any atom is -0.386 e. The summed E-state index contributed by atoms with van der Waals surface area (Å²) in [5, 5.41) is 19.2. The minimum absolute atomic E-state index is 0. The number of aliphatic hydroxyl groups is 1. The van der Waals surface area contributed by atoms with Crippen molar-refractivity contribution in [3.05, 3.63) is 69.4 Å². The van der Waals surface area contributed by atoms with E-state index < -0.39 is 6.10 Å². The second kappa shape index (κ2) is 14.6. The Balaban J connectivity index is 0.000000187. The zero-order chi connectivity index (χ0) is 32.4. The number of rotatable bonds is 7. The summed E-state index contributed by atoms with van der Waals surface area (Å²) in [6, 6.07) is 8.30. The highest BCUT2D eigenvalue weighted by Crippen LogP contribution is 2.46. The summed E-state index contributed by atoms with van der Waals surface area (Å²) in [4.78, 5) is 21.1. The smallest absolute Gasteiger partial charge is 0.152 e. The second-order valence-corrected chi connectivity index (χ2v) is 13.8. The van der Waals surface area contributed by atoms with Gasteiger partial charge in [0.15, 0.2) is 6.29 Å². The first-order valence-corrected chi connectivity index (χ1v) is 16.9. The summed E-state index contributed by atoms with van der Waals surface area (Å²) in [6.07, 6.45) is 8.74. The van der Waals surface area contributed by atoms with Crippen LogP contribution in [0.15, 0.2) is 43.3 Å². The van der Waals surface area contributed by atoms with Gasteiger partial charge in [0.1, 0.15) is 17.6 Å². The van der Waals surface area contributed by atoms with Crippen LogP contribution < -0.4 is 0 Å². The van der Waals surface area contributed by atoms with Gasteiger partial charge in [-0.2, -0.15) is 0 Å². The Hall–Kier alpha value is -4.21. The zero-order valence-electron chi connectivity index (χ0n) is 27.4. The van der Waals surface area contributed by atoms with E-state index in [4.69, 9.17) is 23.8 Å². The topological polar surface area (TPSA) is 123 Å². The first-order chi connectivity index (χ1) is 22.8. The van der Waals surface area contributed by atoms with Gasteiger partial charge in [0.25, 0.3) is 0 Å². The number of carbonyl (C=O) groups excluding carboxylic acids is 1. The van der Waals surface area contributed by atoms with Gasteiger partial charge < -0.3 is 18.9 Å². The lowest BCUT2D eigenvalue weighted by atomic mass is 9.91. The van der Waals surface area contributed by atoms with E-state index in [-0.39, 0.29) is 28.4 Å². The SMILES string of the molecule is C.C.C.Cc1noc(C)c1-c1cc(C=O)c2c(c1)CC(C1CC1)=N2.Cc1noc(C)c1-c1cc2c(c(C(O)C3CCCO3)c1)N=C(C1CC1)C2. The van der Waals surface area contributed by atoms with Gasteiger partial charge in [-0.1, -0.05) is 32.6 Å². The molecule has 5 aliphatic rings. The van der Waals surface area contributed by atoms with E-state index in [0.29, 0.717) is 17.4 Å². The van der Waals surface area contributed by atoms with Crippen LogP contribution in [-0.2, 0) is 17.6 Å². The average Bonchev–Trinajstić information content (AvgIpc) is 3.83. The van der Waals surface area contributed by atoms with Crippen LogP contribution in [0.3, 0.4) is 0 Å². The number of ether oxygens (including phenoxy) is 1. The van der Waals surface area contributed by atoms with E-state index in [2.05, 4.69) is 28.5 Å². The Morgan fingerprint density at radius 3 is 1.72 bits per heavy atom. The fourth-order valence-electron chi connectivity index (χ4n) is 7.49. The number of nitrogens with zero attached hydrogens (tertiary/aromatic N) is 4. The van der Waals surface area contributed by atoms with Crippen molar-refractivity contribution in [1.29, 1.82) is 0 Å². The third kappa shape index (κ3) is 6.77. The lowest BCUT2D eigenvalue weighted by Crippen LogP contribution is -2.17. The molecule has 0 bridgehead atoms. The summed E-state index contributed by atoms with van der Waals surface area (Å²) in [5.41, 5.74) is 14.0. The Kier molecular flexibility index (Phi) is 10.8. The molecule has 2 aromatic heterocycles. The van der Waals surface area contributed by atoms with Crippen LogP contribution in [0.25, 0.3) is 22.3 Å². The van der Waals surface area contributed by atoms with Crippen LogP contribution >= 0.6 is 0 Å². The van der Waals surface area contributed by atoms with E-state index in [0.717, 1.165) is 106 Å². The molecule has 3 fully saturated rings. The number of hydrogen-bond acceptors (Lipinski definition) is 9. The molecule has 3 aliphatic heterocycles. The standard InChI is InChI=1S/C21H24N2O3.C17H16N2O2.3CH4/c1-11-19(12(2)26-23-11)14-8-15-10-17(13-5-6-13)22-20(15)16(9-14)21(24)18-4-3-7-25-18;1-9-16(10(2)21-19-9)12-5-13-7-15(11-3-4-11)18-17(13)14(6-12)8-20;;;/h8-9,13,18,21,24H,3-7,10H2,1-2H3;5-6,8,11H,3-4,7H2,1-2H3;3*1H4. The van der Waals surface area contributed by atoms with Crippen LogP contribution in [0.2, 0.25) is 0 Å². The molecule has 1 N–H and O–H groups in total. The first-order valence-electron chi connectivity index (χ1n) is 16.9. The second-order valence-electron chi connectivity index (χ2n) is 13.8. The van der Waals surface area contributed by atoms with Crippen molar-refractivity contribution < 1.29 is 23.7 Å². The molecular formula is C41H52N4O5. The van der Waals surface area contributed by atoms with E-state index in [1.54, 1.807) is 0 Å². The molecule has 50 heavy (non-hydrogen) atoms. The van der Waals surface area contributed by atoms with Crippen molar-refractivity contribution in [3.8, 4) is 22.3 Å². The Labute approximate surface area is 296 Å². The number of carbonyl (C=O) groups is 1. The van der Waals surface area contributed by atoms with Crippen molar-refractivity contribution in [1.82, 2.24) is 10.3 Å². The predicted molar refractivity (Wildman–Crippen MR) is 199 cm³/mol. The number of fused-ring (bicyclic) bond motifs is 2. The average molecular weight is 681 g/mol. The molecule has 2 aliphatic carbocycles. The molecule has 2 unspecified atom stereocenters. The minimum atomic E-state index is -0.644.